The number of rotatable bonds is 4. The van der Waals surface area contributed by atoms with Crippen molar-refractivity contribution in [2.75, 3.05) is 13.1 Å². The molecule has 4 rings (SSSR count). The quantitative estimate of drug-likeness (QED) is 0.735. The summed E-state index contributed by atoms with van der Waals surface area (Å²) in [7, 11) is -3.78. The molecule has 27 heavy (non-hydrogen) atoms. The Morgan fingerprint density at radius 3 is 2.81 bits per heavy atom. The molecular weight excluding hydrogens is 368 g/mol. The van der Waals surface area contributed by atoms with Gasteiger partial charge in [0.2, 0.25) is 10.0 Å². The van der Waals surface area contributed by atoms with Gasteiger partial charge in [-0.1, -0.05) is 12.1 Å². The number of carboxylic acid groups (broad SMARTS) is 1. The molecule has 1 atom stereocenters. The maximum Gasteiger partial charge on any atom is 0.335 e. The van der Waals surface area contributed by atoms with Gasteiger partial charge in [0.25, 0.3) is 0 Å². The lowest BCUT2D eigenvalue weighted by Gasteiger charge is -2.31. The van der Waals surface area contributed by atoms with Crippen molar-refractivity contribution in [1.82, 2.24) is 18.9 Å². The summed E-state index contributed by atoms with van der Waals surface area (Å²) in [6.07, 6.45) is 3.38. The topological polar surface area (TPSA) is 105 Å². The van der Waals surface area contributed by atoms with Crippen molar-refractivity contribution >= 4 is 21.6 Å². The first-order chi connectivity index (χ1) is 13.0. The number of aromatic carboxylic acids is 1. The highest BCUT2D eigenvalue weighted by Crippen LogP contribution is 2.30. The van der Waals surface area contributed by atoms with Crippen LogP contribution in [-0.4, -0.2) is 51.5 Å². The molecule has 140 valence electrons. The molecule has 0 saturated carbocycles. The molecule has 9 heteroatoms. The summed E-state index contributed by atoms with van der Waals surface area (Å²) in [6, 6.07) is 11.1. The zero-order valence-electron chi connectivity index (χ0n) is 14.4. The molecular formula is C18H18N4O4S. The zero-order valence-corrected chi connectivity index (χ0v) is 15.2. The predicted molar refractivity (Wildman–Crippen MR) is 97.1 cm³/mol. The van der Waals surface area contributed by atoms with Crippen LogP contribution in [0.3, 0.4) is 0 Å². The molecule has 2 aromatic heterocycles. The van der Waals surface area contributed by atoms with Crippen LogP contribution in [0, 0.1) is 0 Å². The van der Waals surface area contributed by atoms with Gasteiger partial charge in [0.1, 0.15) is 5.82 Å². The molecule has 1 fully saturated rings. The van der Waals surface area contributed by atoms with Crippen molar-refractivity contribution < 1.29 is 18.3 Å². The highest BCUT2D eigenvalue weighted by molar-refractivity contribution is 7.89. The van der Waals surface area contributed by atoms with Crippen LogP contribution in [0.4, 0.5) is 0 Å². The van der Waals surface area contributed by atoms with Gasteiger partial charge in [-0.25, -0.2) is 13.2 Å². The fraction of sp³-hybridized carbons (Fsp3) is 0.278. The number of carbonyl (C=O) groups is 1. The summed E-state index contributed by atoms with van der Waals surface area (Å²) in [5.74, 6) is -0.489. The first-order valence-corrected chi connectivity index (χ1v) is 10.0. The predicted octanol–water partition coefficient (Wildman–Crippen LogP) is 2.00. The van der Waals surface area contributed by atoms with E-state index in [0.717, 1.165) is 17.9 Å². The molecule has 1 aliphatic rings. The van der Waals surface area contributed by atoms with E-state index in [-0.39, 0.29) is 22.9 Å². The van der Waals surface area contributed by atoms with E-state index in [9.17, 15) is 13.2 Å². The first-order valence-electron chi connectivity index (χ1n) is 8.60. The van der Waals surface area contributed by atoms with E-state index in [1.807, 2.05) is 28.8 Å². The van der Waals surface area contributed by atoms with Gasteiger partial charge in [0.15, 0.2) is 5.65 Å². The Morgan fingerprint density at radius 2 is 2.00 bits per heavy atom. The van der Waals surface area contributed by atoms with Crippen LogP contribution in [-0.2, 0) is 10.0 Å². The SMILES string of the molecule is O=C(O)c1cccc(S(=O)(=O)N2CCC[C@@H](c3nnc4ccccn34)C2)c1. The van der Waals surface area contributed by atoms with Gasteiger partial charge in [-0.05, 0) is 43.2 Å². The van der Waals surface area contributed by atoms with E-state index >= 15 is 0 Å². The molecule has 0 radical (unpaired) electrons. The Balaban J connectivity index is 1.64. The second-order valence-electron chi connectivity index (χ2n) is 6.52. The van der Waals surface area contributed by atoms with Crippen molar-refractivity contribution in [3.63, 3.8) is 0 Å². The third-order valence-electron chi connectivity index (χ3n) is 4.81. The lowest BCUT2D eigenvalue weighted by atomic mass is 9.99. The molecule has 3 aromatic rings. The fourth-order valence-electron chi connectivity index (χ4n) is 3.45. The lowest BCUT2D eigenvalue weighted by Crippen LogP contribution is -2.39. The minimum Gasteiger partial charge on any atom is -0.478 e. The smallest absolute Gasteiger partial charge is 0.335 e. The zero-order chi connectivity index (χ0) is 19.0. The number of hydrogen-bond donors (Lipinski definition) is 1. The maximum absolute atomic E-state index is 13.0. The number of nitrogens with zero attached hydrogens (tertiary/aromatic N) is 4. The Morgan fingerprint density at radius 1 is 1.15 bits per heavy atom. The van der Waals surface area contributed by atoms with Crippen LogP contribution in [0.2, 0.25) is 0 Å². The number of hydrogen-bond acceptors (Lipinski definition) is 5. The molecule has 1 saturated heterocycles. The van der Waals surface area contributed by atoms with Crippen molar-refractivity contribution in [1.29, 1.82) is 0 Å². The maximum atomic E-state index is 13.0. The van der Waals surface area contributed by atoms with Gasteiger partial charge in [-0.15, -0.1) is 10.2 Å². The van der Waals surface area contributed by atoms with E-state index in [0.29, 0.717) is 13.0 Å². The van der Waals surface area contributed by atoms with Crippen LogP contribution in [0.25, 0.3) is 5.65 Å². The average molecular weight is 386 g/mol. The first kappa shape index (κ1) is 17.6. The van der Waals surface area contributed by atoms with Gasteiger partial charge in [-0.3, -0.25) is 4.40 Å². The Hall–Kier alpha value is -2.78. The van der Waals surface area contributed by atoms with Gasteiger partial charge in [-0.2, -0.15) is 4.31 Å². The Kier molecular flexibility index (Phi) is 4.40. The van der Waals surface area contributed by atoms with E-state index in [2.05, 4.69) is 10.2 Å². The van der Waals surface area contributed by atoms with Crippen LogP contribution in [0.15, 0.2) is 53.6 Å². The van der Waals surface area contributed by atoms with E-state index in [1.54, 1.807) is 0 Å². The van der Waals surface area contributed by atoms with Crippen molar-refractivity contribution in [3.05, 3.63) is 60.0 Å². The van der Waals surface area contributed by atoms with Gasteiger partial charge in [0.05, 0.1) is 10.5 Å². The van der Waals surface area contributed by atoms with Gasteiger partial charge < -0.3 is 5.11 Å². The number of benzene rings is 1. The number of pyridine rings is 1. The number of sulfonamides is 1. The summed E-state index contributed by atoms with van der Waals surface area (Å²) in [6.45, 7) is 0.683. The standard InChI is InChI=1S/C18H18N4O4S/c23-18(24)13-5-3-7-15(11-13)27(25,26)21-9-4-6-14(12-21)17-20-19-16-8-1-2-10-22(16)17/h1-3,5,7-8,10-11,14H,4,6,9,12H2,(H,23,24)/t14-/m1/s1. The molecule has 0 amide bonds. The summed E-state index contributed by atoms with van der Waals surface area (Å²) < 4.78 is 29.4. The highest BCUT2D eigenvalue weighted by atomic mass is 32.2. The highest BCUT2D eigenvalue weighted by Gasteiger charge is 2.33. The normalized spacial score (nSPS) is 18.6. The van der Waals surface area contributed by atoms with Crippen LogP contribution < -0.4 is 0 Å². The molecule has 0 spiro atoms. The second-order valence-corrected chi connectivity index (χ2v) is 8.46. The van der Waals surface area contributed by atoms with Crippen molar-refractivity contribution in [2.24, 2.45) is 0 Å². The Bertz CT molecular complexity index is 1110. The van der Waals surface area contributed by atoms with Crippen molar-refractivity contribution in [3.8, 4) is 0 Å². The number of carboxylic acids is 1. The number of fused-ring (bicyclic) bond motifs is 1. The minimum absolute atomic E-state index is 0.00542. The molecule has 0 unspecified atom stereocenters. The fourth-order valence-corrected chi connectivity index (χ4v) is 5.02. The van der Waals surface area contributed by atoms with Crippen LogP contribution in [0.5, 0.6) is 0 Å². The van der Waals surface area contributed by atoms with Crippen LogP contribution >= 0.6 is 0 Å². The lowest BCUT2D eigenvalue weighted by molar-refractivity contribution is 0.0696. The molecule has 1 aromatic carbocycles. The number of piperidine rings is 1. The summed E-state index contributed by atoms with van der Waals surface area (Å²) in [4.78, 5) is 11.2. The average Bonchev–Trinajstić information content (AvgIpc) is 3.12. The van der Waals surface area contributed by atoms with Crippen molar-refractivity contribution in [2.45, 2.75) is 23.7 Å². The summed E-state index contributed by atoms with van der Waals surface area (Å²) in [5.41, 5.74) is 0.676. The summed E-state index contributed by atoms with van der Waals surface area (Å²) >= 11 is 0. The Labute approximate surface area is 156 Å². The molecule has 0 aliphatic carbocycles. The van der Waals surface area contributed by atoms with E-state index < -0.39 is 16.0 Å². The van der Waals surface area contributed by atoms with Gasteiger partial charge in [0, 0.05) is 25.2 Å². The number of aromatic nitrogens is 3. The monoisotopic (exact) mass is 386 g/mol. The van der Waals surface area contributed by atoms with E-state index in [1.165, 1.54) is 28.6 Å². The molecule has 1 aliphatic heterocycles. The molecule has 3 heterocycles. The minimum atomic E-state index is -3.78. The molecule has 0 bridgehead atoms. The molecule has 1 N–H and O–H groups in total. The largest absolute Gasteiger partial charge is 0.478 e. The third-order valence-corrected chi connectivity index (χ3v) is 6.67. The third kappa shape index (κ3) is 3.19. The molecule has 8 nitrogen and oxygen atoms in total. The van der Waals surface area contributed by atoms with Crippen LogP contribution in [0.1, 0.15) is 34.9 Å². The van der Waals surface area contributed by atoms with E-state index in [4.69, 9.17) is 5.11 Å². The summed E-state index contributed by atoms with van der Waals surface area (Å²) in [5, 5.41) is 17.5. The second kappa shape index (κ2) is 6.75. The van der Waals surface area contributed by atoms with Gasteiger partial charge >= 0.3 is 5.97 Å².